The highest BCUT2D eigenvalue weighted by atomic mass is 31.2. The maximum atomic E-state index is 8.88. The molecule has 0 radical (unpaired) electrons. The first-order valence-corrected chi connectivity index (χ1v) is 8.87. The van der Waals surface area contributed by atoms with Crippen molar-refractivity contribution >= 4 is 18.8 Å². The molecule has 0 aliphatic rings. The normalized spacial score (nSPS) is 10.4. The molecule has 0 fully saturated rings. The molecule has 0 rings (SSSR count). The Morgan fingerprint density at radius 2 is 0.950 bits per heavy atom. The molecule has 0 heterocycles. The van der Waals surface area contributed by atoms with Crippen LogP contribution in [0.2, 0.25) is 0 Å². The van der Waals surface area contributed by atoms with Gasteiger partial charge in [0, 0.05) is 6.61 Å². The van der Waals surface area contributed by atoms with Crippen LogP contribution in [0.15, 0.2) is 0 Å². The van der Waals surface area contributed by atoms with Crippen LogP contribution >= 0.6 is 7.82 Å². The van der Waals surface area contributed by atoms with Gasteiger partial charge >= 0.3 is 7.82 Å². The van der Waals surface area contributed by atoms with Gasteiger partial charge in [0.15, 0.2) is 0 Å². The molecule has 0 aliphatic heterocycles. The van der Waals surface area contributed by atoms with E-state index in [1.54, 1.807) is 0 Å². The van der Waals surface area contributed by atoms with Gasteiger partial charge in [0.2, 0.25) is 0 Å². The van der Waals surface area contributed by atoms with Crippen LogP contribution in [0.4, 0.5) is 0 Å². The smallest absolute Gasteiger partial charge is 0.396 e. The Labute approximate surface area is 128 Å². The molecule has 126 valence electrons. The topological polar surface area (TPSA) is 98.0 Å². The van der Waals surface area contributed by atoms with Crippen LogP contribution in [0.25, 0.3) is 0 Å². The summed E-state index contributed by atoms with van der Waals surface area (Å²) in [5.74, 6) is 0. The monoisotopic (exact) mass is 330 g/mol. The minimum atomic E-state index is -4.64. The Kier molecular flexibility index (Phi) is 24.4. The van der Waals surface area contributed by atoms with E-state index in [4.69, 9.17) is 24.4 Å². The maximum absolute atomic E-state index is 8.88. The number of unbranched alkanes of at least 4 members (excludes halogenated alkanes) is 10. The van der Waals surface area contributed by atoms with Crippen molar-refractivity contribution in [2.45, 2.75) is 77.6 Å². The Hall–Kier alpha value is 0.287. The fraction of sp³-hybridized carbons (Fsp3) is 1.00. The Morgan fingerprint density at radius 3 is 1.20 bits per heavy atom. The van der Waals surface area contributed by atoms with Gasteiger partial charge < -0.3 is 19.8 Å². The van der Waals surface area contributed by atoms with E-state index >= 15 is 0 Å². The zero-order valence-electron chi connectivity index (χ0n) is 12.1. The molecule has 0 aromatic heterocycles. The van der Waals surface area contributed by atoms with E-state index in [1.165, 1.54) is 64.2 Å². The van der Waals surface area contributed by atoms with E-state index < -0.39 is 7.82 Å². The number of phosphoric acid groups is 1. The quantitative estimate of drug-likeness (QED) is 0.263. The zero-order chi connectivity index (χ0) is 15.0. The molecule has 0 atom stereocenters. The van der Waals surface area contributed by atoms with Gasteiger partial charge in [0.05, 0.1) is 0 Å². The lowest BCUT2D eigenvalue weighted by Gasteiger charge is -2.01. The Bertz CT molecular complexity index is 191. The van der Waals surface area contributed by atoms with Crippen LogP contribution in [0, 0.1) is 0 Å². The Balaban J connectivity index is -0.000000414. The minimum absolute atomic E-state index is 0. The van der Waals surface area contributed by atoms with Gasteiger partial charge in [-0.2, -0.15) is 0 Å². The third kappa shape index (κ3) is 42.9. The second-order valence-corrected chi connectivity index (χ2v) is 5.80. The Morgan fingerprint density at radius 1 is 0.700 bits per heavy atom. The number of hydrogen-bond acceptors (Lipinski definition) is 2. The lowest BCUT2D eigenvalue weighted by atomic mass is 10.1. The first-order valence-electron chi connectivity index (χ1n) is 7.31. The molecule has 0 saturated heterocycles. The summed E-state index contributed by atoms with van der Waals surface area (Å²) in [4.78, 5) is 21.6. The van der Waals surface area contributed by atoms with Gasteiger partial charge in [0.1, 0.15) is 0 Å². The molecule has 0 saturated carbocycles. The van der Waals surface area contributed by atoms with Gasteiger partial charge in [-0.3, -0.25) is 0 Å². The molecule has 5 nitrogen and oxygen atoms in total. The molecule has 0 amide bonds. The molecule has 0 unspecified atom stereocenters. The summed E-state index contributed by atoms with van der Waals surface area (Å²) < 4.78 is 8.88. The molecule has 7 heteroatoms. The van der Waals surface area contributed by atoms with Crippen molar-refractivity contribution in [3.05, 3.63) is 0 Å². The van der Waals surface area contributed by atoms with Crippen molar-refractivity contribution in [2.24, 2.45) is 0 Å². The molecule has 0 aromatic rings. The lowest BCUT2D eigenvalue weighted by Crippen LogP contribution is -1.84. The summed E-state index contributed by atoms with van der Waals surface area (Å²) in [6.07, 6.45) is 14.8. The molecule has 0 bridgehead atoms. The molecular weight excluding hydrogens is 295 g/mol. The van der Waals surface area contributed by atoms with Gasteiger partial charge in [0.25, 0.3) is 0 Å². The minimum Gasteiger partial charge on any atom is -0.396 e. The van der Waals surface area contributed by atoms with E-state index in [2.05, 4.69) is 6.92 Å². The molecule has 0 aliphatic carbocycles. The van der Waals surface area contributed by atoms with Crippen LogP contribution in [-0.4, -0.2) is 37.4 Å². The molecule has 0 aromatic carbocycles. The number of rotatable bonds is 11. The predicted octanol–water partition coefficient (Wildman–Crippen LogP) is 1.91. The average molecular weight is 330 g/mol. The van der Waals surface area contributed by atoms with Crippen LogP contribution in [0.5, 0.6) is 0 Å². The first-order chi connectivity index (χ1) is 8.91. The van der Waals surface area contributed by atoms with Crippen molar-refractivity contribution in [3.63, 3.8) is 0 Å². The van der Waals surface area contributed by atoms with Crippen LogP contribution in [0.3, 0.4) is 0 Å². The van der Waals surface area contributed by atoms with E-state index in [0.29, 0.717) is 6.61 Å². The lowest BCUT2D eigenvalue weighted by molar-refractivity contribution is 0.275. The number of hydrogen-bond donors (Lipinski definition) is 4. The summed E-state index contributed by atoms with van der Waals surface area (Å²) in [5.41, 5.74) is 0. The molecule has 20 heavy (non-hydrogen) atoms. The van der Waals surface area contributed by atoms with Crippen LogP contribution < -0.4 is 0 Å². The van der Waals surface area contributed by atoms with E-state index in [-0.39, 0.29) is 11.0 Å². The zero-order valence-corrected chi connectivity index (χ0v) is 13.0. The van der Waals surface area contributed by atoms with Crippen molar-refractivity contribution in [3.8, 4) is 0 Å². The van der Waals surface area contributed by atoms with E-state index in [1.807, 2.05) is 0 Å². The summed E-state index contributed by atoms with van der Waals surface area (Å²) in [5, 5.41) is 8.59. The van der Waals surface area contributed by atoms with Crippen LogP contribution in [0.1, 0.15) is 77.6 Å². The maximum Gasteiger partial charge on any atom is 0.466 e. The van der Waals surface area contributed by atoms with Crippen molar-refractivity contribution in [1.82, 2.24) is 0 Å². The number of aliphatic hydroxyl groups excluding tert-OH is 1. The molecular formula is C13H35O5PSi. The van der Waals surface area contributed by atoms with E-state index in [9.17, 15) is 0 Å². The van der Waals surface area contributed by atoms with Crippen molar-refractivity contribution in [2.75, 3.05) is 6.61 Å². The van der Waals surface area contributed by atoms with Gasteiger partial charge in [-0.1, -0.05) is 71.1 Å². The van der Waals surface area contributed by atoms with Crippen LogP contribution in [-0.2, 0) is 4.57 Å². The standard InChI is InChI=1S/C13H28O.H3O4P.H4Si/c1-2-3-4-5-6-7-8-9-10-11-12-13-14;1-5(2,3)4;/h14H,2-13H2,1H3;(H3,1,2,3,4);1H4. The van der Waals surface area contributed by atoms with Gasteiger partial charge in [-0.05, 0) is 17.4 Å². The highest BCUT2D eigenvalue weighted by Crippen LogP contribution is 2.25. The summed E-state index contributed by atoms with van der Waals surface area (Å²) in [6.45, 7) is 2.64. The third-order valence-corrected chi connectivity index (χ3v) is 2.76. The highest BCUT2D eigenvalue weighted by Gasteiger charge is 2.00. The predicted molar refractivity (Wildman–Crippen MR) is 89.1 cm³/mol. The van der Waals surface area contributed by atoms with Gasteiger partial charge in [-0.15, -0.1) is 0 Å². The largest absolute Gasteiger partial charge is 0.466 e. The molecule has 4 N–H and O–H groups in total. The summed E-state index contributed by atoms with van der Waals surface area (Å²) in [6, 6.07) is 0. The molecule has 0 spiro atoms. The fourth-order valence-electron chi connectivity index (χ4n) is 1.78. The van der Waals surface area contributed by atoms with Gasteiger partial charge in [-0.25, -0.2) is 4.57 Å². The average Bonchev–Trinajstić information content (AvgIpc) is 2.29. The first kappa shape index (κ1) is 25.3. The number of aliphatic hydroxyl groups is 1. The summed E-state index contributed by atoms with van der Waals surface area (Å²) >= 11 is 0. The second kappa shape index (κ2) is 19.3. The third-order valence-electron chi connectivity index (χ3n) is 2.76. The summed E-state index contributed by atoms with van der Waals surface area (Å²) in [7, 11) is -4.64. The SMILES string of the molecule is CCCCCCCCCCCCCO.O=P(O)(O)O.[SiH4]. The fourth-order valence-corrected chi connectivity index (χ4v) is 1.78. The van der Waals surface area contributed by atoms with Crippen molar-refractivity contribution in [1.29, 1.82) is 0 Å². The van der Waals surface area contributed by atoms with E-state index in [0.717, 1.165) is 6.42 Å². The highest BCUT2D eigenvalue weighted by molar-refractivity contribution is 7.45. The van der Waals surface area contributed by atoms with Crippen molar-refractivity contribution < 1.29 is 24.4 Å². The second-order valence-electron chi connectivity index (χ2n) is 4.77.